The third-order valence-corrected chi connectivity index (χ3v) is 1.88. The SMILES string of the molecule is N.O=C(O)C[N+](CC(=O)O)(CC(=O)O)CC(=O)O. The summed E-state index contributed by atoms with van der Waals surface area (Å²) in [5, 5.41) is 34.4. The molecule has 10 heteroatoms. The van der Waals surface area contributed by atoms with Gasteiger partial charge in [0.2, 0.25) is 0 Å². The second-order valence-electron chi connectivity index (χ2n) is 3.55. The van der Waals surface area contributed by atoms with Crippen LogP contribution in [-0.2, 0) is 19.2 Å². The van der Waals surface area contributed by atoms with Crippen LogP contribution < -0.4 is 6.15 Å². The molecule has 10 nitrogen and oxygen atoms in total. The molecule has 0 aliphatic heterocycles. The lowest BCUT2D eigenvalue weighted by molar-refractivity contribution is -0.900. The van der Waals surface area contributed by atoms with E-state index in [1.807, 2.05) is 0 Å². The van der Waals surface area contributed by atoms with Crippen LogP contribution >= 0.6 is 0 Å². The zero-order valence-electron chi connectivity index (χ0n) is 9.40. The van der Waals surface area contributed by atoms with Gasteiger partial charge in [-0.1, -0.05) is 0 Å². The molecule has 0 heterocycles. The van der Waals surface area contributed by atoms with Crippen molar-refractivity contribution >= 4 is 23.9 Å². The van der Waals surface area contributed by atoms with E-state index < -0.39 is 54.5 Å². The van der Waals surface area contributed by atoms with Gasteiger partial charge >= 0.3 is 23.9 Å². The third-order valence-electron chi connectivity index (χ3n) is 1.88. The second kappa shape index (κ2) is 7.19. The van der Waals surface area contributed by atoms with Crippen LogP contribution in [0.25, 0.3) is 0 Å². The molecule has 104 valence electrons. The van der Waals surface area contributed by atoms with Crippen molar-refractivity contribution in [3.8, 4) is 0 Å². The Morgan fingerprint density at radius 3 is 0.889 bits per heavy atom. The standard InChI is InChI=1S/C8H11NO8.H3N/c10-5(11)1-9(2-6(12)13,3-7(14)15)4-8(16)17;/h1-4H2,(H3-,10,11,12,13,14,15,16,17);1H3/p+1. The van der Waals surface area contributed by atoms with Crippen LogP contribution in [0.5, 0.6) is 0 Å². The van der Waals surface area contributed by atoms with Gasteiger partial charge in [0.05, 0.1) is 0 Å². The summed E-state index contributed by atoms with van der Waals surface area (Å²) in [6.45, 7) is -3.54. The molecule has 0 saturated carbocycles. The molecular weight excluding hydrogens is 252 g/mol. The molecule has 0 atom stereocenters. The molecule has 0 amide bonds. The monoisotopic (exact) mass is 267 g/mol. The van der Waals surface area contributed by atoms with E-state index >= 15 is 0 Å². The van der Waals surface area contributed by atoms with E-state index in [9.17, 15) is 19.2 Å². The third kappa shape index (κ3) is 7.14. The average molecular weight is 267 g/mol. The second-order valence-corrected chi connectivity index (χ2v) is 3.55. The fraction of sp³-hybridized carbons (Fsp3) is 0.500. The van der Waals surface area contributed by atoms with Crippen LogP contribution in [0, 0.1) is 0 Å². The summed E-state index contributed by atoms with van der Waals surface area (Å²) in [5.41, 5.74) is 0. The smallest absolute Gasteiger partial charge is 0.359 e. The highest BCUT2D eigenvalue weighted by atomic mass is 16.4. The van der Waals surface area contributed by atoms with Crippen LogP contribution in [0.4, 0.5) is 0 Å². The van der Waals surface area contributed by atoms with E-state index in [0.717, 1.165) is 0 Å². The fourth-order valence-electron chi connectivity index (χ4n) is 1.48. The number of carbonyl (C=O) groups is 4. The summed E-state index contributed by atoms with van der Waals surface area (Å²) in [5.74, 6) is -5.86. The van der Waals surface area contributed by atoms with E-state index in [1.54, 1.807) is 0 Å². The lowest BCUT2D eigenvalue weighted by atomic mass is 10.3. The quantitative estimate of drug-likeness (QED) is 0.320. The lowest BCUT2D eigenvalue weighted by Gasteiger charge is -2.32. The number of carboxylic acid groups (broad SMARTS) is 4. The van der Waals surface area contributed by atoms with Crippen LogP contribution in [0.2, 0.25) is 0 Å². The molecular formula is C8H15N2O8+. The first-order valence-electron chi connectivity index (χ1n) is 4.39. The van der Waals surface area contributed by atoms with Gasteiger partial charge < -0.3 is 26.6 Å². The van der Waals surface area contributed by atoms with E-state index in [0.29, 0.717) is 0 Å². The van der Waals surface area contributed by atoms with E-state index in [4.69, 9.17) is 20.4 Å². The van der Waals surface area contributed by atoms with Gasteiger partial charge in [-0.15, -0.1) is 0 Å². The van der Waals surface area contributed by atoms with Crippen molar-refractivity contribution in [1.82, 2.24) is 6.15 Å². The number of nitrogens with zero attached hydrogens (tertiary/aromatic N) is 1. The van der Waals surface area contributed by atoms with Gasteiger partial charge in [-0.25, -0.2) is 19.2 Å². The van der Waals surface area contributed by atoms with Gasteiger partial charge in [0.1, 0.15) is 0 Å². The Morgan fingerprint density at radius 1 is 0.611 bits per heavy atom. The summed E-state index contributed by atoms with van der Waals surface area (Å²) in [6, 6.07) is 0. The van der Waals surface area contributed by atoms with Gasteiger partial charge in [-0.2, -0.15) is 0 Å². The molecule has 0 aliphatic carbocycles. The topological polar surface area (TPSA) is 184 Å². The van der Waals surface area contributed by atoms with Crippen molar-refractivity contribution in [3.05, 3.63) is 0 Å². The van der Waals surface area contributed by atoms with Crippen LogP contribution in [0.3, 0.4) is 0 Å². The van der Waals surface area contributed by atoms with Crippen LogP contribution in [-0.4, -0.2) is 75.0 Å². The van der Waals surface area contributed by atoms with Gasteiger partial charge in [0, 0.05) is 0 Å². The molecule has 0 rings (SSSR count). The lowest BCUT2D eigenvalue weighted by Crippen LogP contribution is -2.58. The first kappa shape index (κ1) is 18.2. The number of hydrogen-bond donors (Lipinski definition) is 5. The maximum absolute atomic E-state index is 10.6. The molecule has 18 heavy (non-hydrogen) atoms. The van der Waals surface area contributed by atoms with Crippen molar-refractivity contribution < 1.29 is 44.1 Å². The van der Waals surface area contributed by atoms with Crippen molar-refractivity contribution in [2.24, 2.45) is 0 Å². The minimum Gasteiger partial charge on any atom is -0.477 e. The van der Waals surface area contributed by atoms with E-state index in [1.165, 1.54) is 0 Å². The molecule has 0 saturated heterocycles. The molecule has 0 bridgehead atoms. The number of aliphatic carboxylic acids is 4. The first-order valence-corrected chi connectivity index (χ1v) is 4.39. The van der Waals surface area contributed by atoms with Crippen molar-refractivity contribution in [2.75, 3.05) is 26.2 Å². The number of hydrogen-bond acceptors (Lipinski definition) is 5. The Kier molecular flexibility index (Phi) is 7.26. The molecule has 0 aliphatic rings. The average Bonchev–Trinajstić information content (AvgIpc) is 1.95. The molecule has 0 aromatic carbocycles. The van der Waals surface area contributed by atoms with Crippen molar-refractivity contribution in [3.63, 3.8) is 0 Å². The molecule has 7 N–H and O–H groups in total. The molecule has 0 radical (unpaired) electrons. The first-order chi connectivity index (χ1) is 7.67. The van der Waals surface area contributed by atoms with Crippen LogP contribution in [0.15, 0.2) is 0 Å². The minimum atomic E-state index is -1.46. The summed E-state index contributed by atoms with van der Waals surface area (Å²) >= 11 is 0. The molecule has 0 aromatic rings. The van der Waals surface area contributed by atoms with Gasteiger partial charge in [-0.05, 0) is 0 Å². The maximum atomic E-state index is 10.6. The Bertz CT molecular complexity index is 283. The minimum absolute atomic E-state index is 0. The Hall–Kier alpha value is -2.20. The highest BCUT2D eigenvalue weighted by Gasteiger charge is 2.38. The zero-order valence-corrected chi connectivity index (χ0v) is 9.40. The fourth-order valence-corrected chi connectivity index (χ4v) is 1.48. The highest BCUT2D eigenvalue weighted by Crippen LogP contribution is 2.07. The van der Waals surface area contributed by atoms with Gasteiger partial charge in [0.15, 0.2) is 26.2 Å². The highest BCUT2D eigenvalue weighted by molar-refractivity contribution is 5.75. The molecule has 0 spiro atoms. The summed E-state index contributed by atoms with van der Waals surface area (Å²) in [7, 11) is 0. The Labute approximate surface area is 101 Å². The predicted molar refractivity (Wildman–Crippen MR) is 55.3 cm³/mol. The van der Waals surface area contributed by atoms with Gasteiger partial charge in [0.25, 0.3) is 0 Å². The summed E-state index contributed by atoms with van der Waals surface area (Å²) in [6.07, 6.45) is 0. The maximum Gasteiger partial charge on any atom is 0.359 e. The number of quaternary nitrogens is 1. The van der Waals surface area contributed by atoms with Gasteiger partial charge in [-0.3, -0.25) is 4.48 Å². The molecule has 0 unspecified atom stereocenters. The zero-order chi connectivity index (χ0) is 13.6. The van der Waals surface area contributed by atoms with Crippen molar-refractivity contribution in [2.45, 2.75) is 0 Å². The number of carboxylic acids is 4. The van der Waals surface area contributed by atoms with Crippen molar-refractivity contribution in [1.29, 1.82) is 0 Å². The summed E-state index contributed by atoms with van der Waals surface area (Å²) < 4.78 is -1.07. The molecule has 0 fully saturated rings. The normalized spacial score (nSPS) is 10.2. The van der Waals surface area contributed by atoms with E-state index in [-0.39, 0.29) is 6.15 Å². The Balaban J connectivity index is 0. The predicted octanol–water partition coefficient (Wildman–Crippen LogP) is -1.70. The largest absolute Gasteiger partial charge is 0.477 e. The molecule has 0 aromatic heterocycles. The summed E-state index contributed by atoms with van der Waals surface area (Å²) in [4.78, 5) is 42.3. The van der Waals surface area contributed by atoms with E-state index in [2.05, 4.69) is 0 Å². The number of rotatable bonds is 8. The Morgan fingerprint density at radius 2 is 0.778 bits per heavy atom. The van der Waals surface area contributed by atoms with Crippen LogP contribution in [0.1, 0.15) is 0 Å².